The number of benzene rings is 2. The third kappa shape index (κ3) is 3.32. The molecule has 0 aliphatic heterocycles. The predicted molar refractivity (Wildman–Crippen MR) is 81.3 cm³/mol. The van der Waals surface area contributed by atoms with Crippen molar-refractivity contribution in [3.05, 3.63) is 71.8 Å². The fraction of sp³-hybridized carbons (Fsp3) is 0.250. The Balaban J connectivity index is 2.43. The van der Waals surface area contributed by atoms with Gasteiger partial charge in [-0.1, -0.05) is 60.7 Å². The molecule has 0 saturated carbocycles. The van der Waals surface area contributed by atoms with Gasteiger partial charge in [-0.2, -0.15) is 0 Å². The van der Waals surface area contributed by atoms with Crippen molar-refractivity contribution in [3.63, 3.8) is 0 Å². The van der Waals surface area contributed by atoms with E-state index in [1.165, 1.54) is 14.2 Å². The second-order valence-electron chi connectivity index (χ2n) is 4.55. The molecule has 2 rings (SSSR count). The van der Waals surface area contributed by atoms with Gasteiger partial charge in [0, 0.05) is 14.2 Å². The third-order valence-electron chi connectivity index (χ3n) is 3.17. The number of sulfone groups is 1. The highest BCUT2D eigenvalue weighted by Gasteiger charge is 2.36. The molecule has 0 aliphatic rings. The lowest BCUT2D eigenvalue weighted by Gasteiger charge is -2.23. The summed E-state index contributed by atoms with van der Waals surface area (Å²) in [5, 5.41) is 0. The highest BCUT2D eigenvalue weighted by atomic mass is 32.2. The van der Waals surface area contributed by atoms with Crippen LogP contribution in [0.3, 0.4) is 0 Å². The summed E-state index contributed by atoms with van der Waals surface area (Å²) in [5.41, 5.74) is -0.969. The maximum atomic E-state index is 12.8. The number of hydrogen-bond acceptors (Lipinski definition) is 4. The fourth-order valence-electron chi connectivity index (χ4n) is 2.25. The van der Waals surface area contributed by atoms with Gasteiger partial charge in [-0.15, -0.1) is 0 Å². The van der Waals surface area contributed by atoms with E-state index >= 15 is 0 Å². The minimum absolute atomic E-state index is 0.581. The summed E-state index contributed by atoms with van der Waals surface area (Å²) < 4.78 is 36.2. The SMILES string of the molecule is COC(c1ccccc1)S(=O)(=O)C(OC)c1ccccc1. The average Bonchev–Trinajstić information content (AvgIpc) is 2.50. The Morgan fingerprint density at radius 2 is 1.05 bits per heavy atom. The number of rotatable bonds is 6. The van der Waals surface area contributed by atoms with Crippen molar-refractivity contribution >= 4 is 9.84 Å². The Hall–Kier alpha value is -1.69. The maximum absolute atomic E-state index is 12.8. The van der Waals surface area contributed by atoms with E-state index in [0.29, 0.717) is 11.1 Å². The molecule has 0 aromatic heterocycles. The fourth-order valence-corrected chi connectivity index (χ4v) is 4.09. The smallest absolute Gasteiger partial charge is 0.212 e. The van der Waals surface area contributed by atoms with Gasteiger partial charge in [0.15, 0.2) is 10.9 Å². The van der Waals surface area contributed by atoms with Gasteiger partial charge in [0.25, 0.3) is 0 Å². The molecule has 0 spiro atoms. The first kappa shape index (κ1) is 15.7. The minimum Gasteiger partial charge on any atom is -0.361 e. The van der Waals surface area contributed by atoms with Crippen LogP contribution in [-0.2, 0) is 19.3 Å². The number of hydrogen-bond donors (Lipinski definition) is 0. The van der Waals surface area contributed by atoms with Crippen LogP contribution in [0.1, 0.15) is 22.0 Å². The van der Waals surface area contributed by atoms with E-state index in [2.05, 4.69) is 0 Å². The summed E-state index contributed by atoms with van der Waals surface area (Å²) in [6.07, 6.45) is 0. The van der Waals surface area contributed by atoms with Crippen molar-refractivity contribution in [2.24, 2.45) is 0 Å². The third-order valence-corrected chi connectivity index (χ3v) is 5.29. The molecule has 0 saturated heterocycles. The molecule has 0 radical (unpaired) electrons. The molecular weight excluding hydrogens is 288 g/mol. The molecule has 2 aromatic carbocycles. The second kappa shape index (κ2) is 6.85. The molecule has 5 heteroatoms. The molecule has 0 N–H and O–H groups in total. The van der Waals surface area contributed by atoms with Crippen molar-refractivity contribution in [3.8, 4) is 0 Å². The second-order valence-corrected chi connectivity index (χ2v) is 6.58. The van der Waals surface area contributed by atoms with Crippen molar-refractivity contribution in [1.82, 2.24) is 0 Å². The van der Waals surface area contributed by atoms with Crippen LogP contribution in [-0.4, -0.2) is 22.6 Å². The molecule has 2 atom stereocenters. The molecule has 0 bridgehead atoms. The normalized spacial score (nSPS) is 14.6. The lowest BCUT2D eigenvalue weighted by molar-refractivity contribution is 0.134. The summed E-state index contributed by atoms with van der Waals surface area (Å²) in [6.45, 7) is 0. The van der Waals surface area contributed by atoms with Crippen LogP contribution in [0.25, 0.3) is 0 Å². The topological polar surface area (TPSA) is 52.6 Å². The van der Waals surface area contributed by atoms with Crippen LogP contribution in [0.15, 0.2) is 60.7 Å². The van der Waals surface area contributed by atoms with E-state index in [4.69, 9.17) is 9.47 Å². The van der Waals surface area contributed by atoms with Gasteiger partial charge >= 0.3 is 0 Å². The molecule has 2 unspecified atom stereocenters. The van der Waals surface area contributed by atoms with E-state index in [1.807, 2.05) is 12.1 Å². The number of methoxy groups -OCH3 is 2. The largest absolute Gasteiger partial charge is 0.361 e. The first-order valence-corrected chi connectivity index (χ1v) is 8.10. The van der Waals surface area contributed by atoms with E-state index in [-0.39, 0.29) is 0 Å². The Morgan fingerprint density at radius 3 is 1.33 bits per heavy atom. The summed E-state index contributed by atoms with van der Waals surface area (Å²) in [5.74, 6) is 0. The van der Waals surface area contributed by atoms with Crippen LogP contribution >= 0.6 is 0 Å². The molecule has 0 fully saturated rings. The van der Waals surface area contributed by atoms with Crippen LogP contribution in [0.2, 0.25) is 0 Å². The molecule has 2 aromatic rings. The predicted octanol–water partition coefficient (Wildman–Crippen LogP) is 3.09. The minimum atomic E-state index is -3.71. The van der Waals surface area contributed by atoms with Crippen molar-refractivity contribution < 1.29 is 17.9 Å². The van der Waals surface area contributed by atoms with E-state index in [0.717, 1.165) is 0 Å². The Kier molecular flexibility index (Phi) is 5.12. The van der Waals surface area contributed by atoms with Crippen LogP contribution in [0.5, 0.6) is 0 Å². The quantitative estimate of drug-likeness (QED) is 0.823. The van der Waals surface area contributed by atoms with E-state index in [9.17, 15) is 8.42 Å². The summed E-state index contributed by atoms with van der Waals surface area (Å²) >= 11 is 0. The molecular formula is C16H18O4S. The van der Waals surface area contributed by atoms with Crippen LogP contribution in [0, 0.1) is 0 Å². The molecule has 112 valence electrons. The zero-order valence-corrected chi connectivity index (χ0v) is 12.8. The van der Waals surface area contributed by atoms with Crippen molar-refractivity contribution in [2.45, 2.75) is 10.9 Å². The van der Waals surface area contributed by atoms with E-state index in [1.54, 1.807) is 48.5 Å². The Morgan fingerprint density at radius 1 is 0.714 bits per heavy atom. The number of ether oxygens (including phenoxy) is 2. The molecule has 0 heterocycles. The lowest BCUT2D eigenvalue weighted by atomic mass is 10.2. The Labute approximate surface area is 125 Å². The van der Waals surface area contributed by atoms with Crippen molar-refractivity contribution in [1.29, 1.82) is 0 Å². The van der Waals surface area contributed by atoms with E-state index < -0.39 is 20.7 Å². The van der Waals surface area contributed by atoms with Crippen molar-refractivity contribution in [2.75, 3.05) is 14.2 Å². The maximum Gasteiger partial charge on any atom is 0.212 e. The Bertz CT molecular complexity index is 600. The van der Waals surface area contributed by atoms with Gasteiger partial charge in [0.05, 0.1) is 0 Å². The summed E-state index contributed by atoms with van der Waals surface area (Å²) in [4.78, 5) is 0. The highest BCUT2D eigenvalue weighted by Crippen LogP contribution is 2.34. The van der Waals surface area contributed by atoms with Gasteiger partial charge in [-0.05, 0) is 11.1 Å². The standard InChI is InChI=1S/C16H18O4S/c1-19-15(13-9-5-3-6-10-13)21(17,18)16(20-2)14-11-7-4-8-12-14/h3-12,15-16H,1-2H3. The lowest BCUT2D eigenvalue weighted by Crippen LogP contribution is -2.23. The molecule has 0 aliphatic carbocycles. The average molecular weight is 306 g/mol. The zero-order valence-electron chi connectivity index (χ0n) is 12.0. The zero-order chi connectivity index (χ0) is 15.3. The van der Waals surface area contributed by atoms with Gasteiger partial charge in [-0.3, -0.25) is 0 Å². The molecule has 0 amide bonds. The van der Waals surface area contributed by atoms with Gasteiger partial charge in [0.1, 0.15) is 0 Å². The molecule has 21 heavy (non-hydrogen) atoms. The van der Waals surface area contributed by atoms with Crippen LogP contribution < -0.4 is 0 Å². The monoisotopic (exact) mass is 306 g/mol. The van der Waals surface area contributed by atoms with Gasteiger partial charge in [0.2, 0.25) is 9.84 Å². The summed E-state index contributed by atoms with van der Waals surface area (Å²) in [6, 6.07) is 17.7. The van der Waals surface area contributed by atoms with Crippen LogP contribution in [0.4, 0.5) is 0 Å². The first-order valence-electron chi connectivity index (χ1n) is 6.49. The molecule has 4 nitrogen and oxygen atoms in total. The van der Waals surface area contributed by atoms with Gasteiger partial charge < -0.3 is 9.47 Å². The first-order chi connectivity index (χ1) is 10.1. The highest BCUT2D eigenvalue weighted by molar-refractivity contribution is 7.91. The van der Waals surface area contributed by atoms with Gasteiger partial charge in [-0.25, -0.2) is 8.42 Å². The summed E-state index contributed by atoms with van der Waals surface area (Å²) in [7, 11) is -0.950.